The SMILES string of the molecule is Cc1cccc(C)c1-c1cccc(-c2c(C)cccc2C)c1Cc1cc(C(C)(C)C)cc(Cc2c(-c3c(C)cccc3C)cccc2-c2c(C)cccc2C)[c]1[Al-]. The Morgan fingerprint density at radius 3 is 0.825 bits per heavy atom. The van der Waals surface area contributed by atoms with Gasteiger partial charge in [0.25, 0.3) is 0 Å². The molecule has 0 aromatic heterocycles. The average molecular weight is 757 g/mol. The molecule has 0 saturated heterocycles. The van der Waals surface area contributed by atoms with E-state index in [1.165, 1.54) is 121 Å². The Bertz CT molecular complexity index is 2250. The minimum Gasteiger partial charge on any atom is -0.524 e. The molecule has 285 valence electrons. The summed E-state index contributed by atoms with van der Waals surface area (Å²) >= 11 is 3.25. The second-order valence-electron chi connectivity index (χ2n) is 17.5. The summed E-state index contributed by atoms with van der Waals surface area (Å²) in [5, 5.41) is 0. The molecule has 7 aromatic rings. The molecule has 0 saturated carbocycles. The first-order chi connectivity index (χ1) is 27.1. The number of rotatable bonds is 8. The van der Waals surface area contributed by atoms with Crippen LogP contribution in [0.5, 0.6) is 0 Å². The molecule has 0 heterocycles. The van der Waals surface area contributed by atoms with Gasteiger partial charge in [0.05, 0.1) is 0 Å². The molecule has 0 unspecified atom stereocenters. The van der Waals surface area contributed by atoms with Gasteiger partial charge in [-0.2, -0.15) is 0 Å². The molecular weight excluding hydrogens is 700 g/mol. The minimum atomic E-state index is -0.0367. The van der Waals surface area contributed by atoms with Gasteiger partial charge in [-0.25, -0.2) is 0 Å². The lowest BCUT2D eigenvalue weighted by atomic mass is 9.79. The van der Waals surface area contributed by atoms with Gasteiger partial charge >= 0.3 is 0 Å². The van der Waals surface area contributed by atoms with Gasteiger partial charge in [-0.15, -0.1) is 0 Å². The zero-order valence-corrected chi connectivity index (χ0v) is 37.2. The van der Waals surface area contributed by atoms with Gasteiger partial charge in [0, 0.05) is 0 Å². The molecule has 0 N–H and O–H groups in total. The Morgan fingerprint density at radius 1 is 0.368 bits per heavy atom. The van der Waals surface area contributed by atoms with Crippen molar-refractivity contribution in [3.05, 3.63) is 194 Å². The van der Waals surface area contributed by atoms with Crippen molar-refractivity contribution in [3.8, 4) is 44.5 Å². The highest BCUT2D eigenvalue weighted by atomic mass is 27.0. The first kappa shape index (κ1) is 40.3. The van der Waals surface area contributed by atoms with E-state index in [2.05, 4.69) is 214 Å². The standard InChI is InChI=1S/C56H57.Al/c1-35-18-12-19-36(2)52(35)46-26-16-27-47(53-37(3)20-13-21-38(53)4)50(46)33-43-30-44(32-45(31-43)56(9,10)11)34-51-48(54-39(5)22-14-23-40(54)6)28-17-29-49(51)55-41(7)24-15-25-42(55)8;/h12-29,31-32H,33-34H2,1-11H3;/q;-1. The van der Waals surface area contributed by atoms with Crippen LogP contribution in [0.3, 0.4) is 0 Å². The maximum atomic E-state index is 3.25. The van der Waals surface area contributed by atoms with E-state index in [9.17, 15) is 0 Å². The number of hydrogen-bond donors (Lipinski definition) is 0. The second-order valence-corrected chi connectivity index (χ2v) is 18.1. The fourth-order valence-corrected chi connectivity index (χ4v) is 9.70. The van der Waals surface area contributed by atoms with Gasteiger partial charge in [-0.05, 0) is 179 Å². The van der Waals surface area contributed by atoms with Crippen LogP contribution in [0.25, 0.3) is 44.5 Å². The first-order valence-corrected chi connectivity index (χ1v) is 21.1. The molecular formula is C56H57Al-. The van der Waals surface area contributed by atoms with Crippen LogP contribution >= 0.6 is 0 Å². The van der Waals surface area contributed by atoms with Crippen molar-refractivity contribution in [1.82, 2.24) is 0 Å². The lowest BCUT2D eigenvalue weighted by molar-refractivity contribution is 0.589. The van der Waals surface area contributed by atoms with E-state index < -0.39 is 0 Å². The van der Waals surface area contributed by atoms with Crippen LogP contribution in [-0.2, 0) is 18.3 Å². The smallest absolute Gasteiger partial charge is 0.00544 e. The number of hydrogen-bond acceptors (Lipinski definition) is 0. The topological polar surface area (TPSA) is 0 Å². The zero-order chi connectivity index (χ0) is 40.8. The van der Waals surface area contributed by atoms with E-state index in [0.29, 0.717) is 0 Å². The van der Waals surface area contributed by atoms with E-state index in [0.717, 1.165) is 12.8 Å². The van der Waals surface area contributed by atoms with E-state index in [-0.39, 0.29) is 5.41 Å². The maximum Gasteiger partial charge on any atom is -0.00544 e. The lowest BCUT2D eigenvalue weighted by Crippen LogP contribution is -2.22. The quantitative estimate of drug-likeness (QED) is 0.135. The van der Waals surface area contributed by atoms with Crippen molar-refractivity contribution in [2.75, 3.05) is 0 Å². The highest BCUT2D eigenvalue weighted by Crippen LogP contribution is 2.42. The van der Waals surface area contributed by atoms with E-state index in [4.69, 9.17) is 0 Å². The Balaban J connectivity index is 1.50. The van der Waals surface area contributed by atoms with Gasteiger partial charge in [0.15, 0.2) is 0 Å². The maximum absolute atomic E-state index is 3.25. The van der Waals surface area contributed by atoms with Crippen LogP contribution < -0.4 is 4.43 Å². The summed E-state index contributed by atoms with van der Waals surface area (Å²) in [4.78, 5) is 0. The Labute approximate surface area is 351 Å². The highest BCUT2D eigenvalue weighted by Gasteiger charge is 2.22. The van der Waals surface area contributed by atoms with Crippen molar-refractivity contribution in [1.29, 1.82) is 0 Å². The monoisotopic (exact) mass is 756 g/mol. The van der Waals surface area contributed by atoms with Crippen LogP contribution in [0, 0.1) is 55.4 Å². The Morgan fingerprint density at radius 2 is 0.596 bits per heavy atom. The Hall–Kier alpha value is -4.93. The van der Waals surface area contributed by atoms with E-state index in [1.807, 2.05) is 0 Å². The second kappa shape index (κ2) is 16.1. The molecule has 1 heteroatoms. The molecule has 0 nitrogen and oxygen atoms in total. The van der Waals surface area contributed by atoms with Crippen molar-refractivity contribution < 1.29 is 0 Å². The predicted octanol–water partition coefficient (Wildman–Crippen LogP) is 14.1. The molecule has 0 bridgehead atoms. The highest BCUT2D eigenvalue weighted by molar-refractivity contribution is 6.34. The third-order valence-electron chi connectivity index (χ3n) is 12.3. The first-order valence-electron chi connectivity index (χ1n) is 20.6. The minimum absolute atomic E-state index is 0.0367. The van der Waals surface area contributed by atoms with Gasteiger partial charge in [-0.3, -0.25) is 0 Å². The molecule has 0 aliphatic rings. The third-order valence-corrected chi connectivity index (χ3v) is 13.0. The summed E-state index contributed by atoms with van der Waals surface area (Å²) in [6.45, 7) is 25.2. The number of benzene rings is 7. The summed E-state index contributed by atoms with van der Waals surface area (Å²) in [5.74, 6) is 0. The van der Waals surface area contributed by atoms with Crippen LogP contribution in [0.1, 0.15) is 93.1 Å². The molecule has 0 fully saturated rings. The summed E-state index contributed by atoms with van der Waals surface area (Å²) in [6.07, 6.45) is 1.65. The van der Waals surface area contributed by atoms with Crippen LogP contribution in [-0.4, -0.2) is 16.3 Å². The van der Waals surface area contributed by atoms with Crippen LogP contribution in [0.2, 0.25) is 0 Å². The van der Waals surface area contributed by atoms with Crippen molar-refractivity contribution in [2.24, 2.45) is 0 Å². The molecule has 0 atom stereocenters. The summed E-state index contributed by atoms with van der Waals surface area (Å²) in [7, 11) is 0. The number of aryl methyl sites for hydroxylation is 8. The fourth-order valence-electron chi connectivity index (χ4n) is 9.33. The van der Waals surface area contributed by atoms with Gasteiger partial charge < -0.3 is 20.7 Å². The zero-order valence-electron chi connectivity index (χ0n) is 36.0. The fraction of sp³-hybridized carbons (Fsp3) is 0.250. The van der Waals surface area contributed by atoms with Gasteiger partial charge in [0.2, 0.25) is 0 Å². The largest absolute Gasteiger partial charge is 0.524 e. The van der Waals surface area contributed by atoms with Crippen molar-refractivity contribution in [2.45, 2.75) is 94.4 Å². The molecule has 57 heavy (non-hydrogen) atoms. The molecule has 7 rings (SSSR count). The normalized spacial score (nSPS) is 11.6. The van der Waals surface area contributed by atoms with Gasteiger partial charge in [-0.1, -0.05) is 153 Å². The Kier molecular flexibility index (Phi) is 11.4. The summed E-state index contributed by atoms with van der Waals surface area (Å²) in [5.41, 5.74) is 28.0. The molecule has 0 aliphatic heterocycles. The van der Waals surface area contributed by atoms with E-state index in [1.54, 1.807) is 0 Å². The molecule has 0 aliphatic carbocycles. The summed E-state index contributed by atoms with van der Waals surface area (Å²) in [6, 6.07) is 45.8. The van der Waals surface area contributed by atoms with E-state index >= 15 is 0 Å². The average Bonchev–Trinajstić information content (AvgIpc) is 3.14. The van der Waals surface area contributed by atoms with Crippen LogP contribution in [0.4, 0.5) is 0 Å². The molecule has 0 amide bonds. The van der Waals surface area contributed by atoms with Gasteiger partial charge in [0.1, 0.15) is 0 Å². The van der Waals surface area contributed by atoms with Crippen LogP contribution in [0.15, 0.2) is 121 Å². The molecule has 3 radical (unpaired) electrons. The van der Waals surface area contributed by atoms with Crippen molar-refractivity contribution in [3.63, 3.8) is 0 Å². The predicted molar refractivity (Wildman–Crippen MR) is 249 cm³/mol. The lowest BCUT2D eigenvalue weighted by Gasteiger charge is -2.31. The van der Waals surface area contributed by atoms with Crippen molar-refractivity contribution >= 4 is 20.7 Å². The molecule has 7 aromatic carbocycles. The third kappa shape index (κ3) is 7.86. The summed E-state index contributed by atoms with van der Waals surface area (Å²) < 4.78 is 1.30. The molecule has 0 spiro atoms.